The van der Waals surface area contributed by atoms with E-state index in [9.17, 15) is 9.18 Å². The monoisotopic (exact) mass is 443 g/mol. The number of carbonyl (C=O) groups excluding carboxylic acids is 1. The van der Waals surface area contributed by atoms with Crippen LogP contribution in [-0.2, 0) is 26.2 Å². The van der Waals surface area contributed by atoms with Crippen molar-refractivity contribution >= 4 is 5.91 Å². The van der Waals surface area contributed by atoms with E-state index in [2.05, 4.69) is 34.3 Å². The Morgan fingerprint density at radius 2 is 1.64 bits per heavy atom. The number of aryl methyl sites for hydroxylation is 1. The Labute approximate surface area is 192 Å². The molecule has 0 atom stereocenters. The summed E-state index contributed by atoms with van der Waals surface area (Å²) < 4.78 is 19.0. The predicted molar refractivity (Wildman–Crippen MR) is 125 cm³/mol. The predicted octanol–water partition coefficient (Wildman–Crippen LogP) is 5.25. The maximum Gasteiger partial charge on any atom is 0.273 e. The average molecular weight is 444 g/mol. The first kappa shape index (κ1) is 22.4. The van der Waals surface area contributed by atoms with Gasteiger partial charge in [0, 0.05) is 19.6 Å². The molecule has 4 rings (SSSR count). The van der Waals surface area contributed by atoms with Crippen LogP contribution in [0.2, 0.25) is 0 Å². The van der Waals surface area contributed by atoms with Gasteiger partial charge >= 0.3 is 0 Å². The van der Waals surface area contributed by atoms with E-state index in [1.165, 1.54) is 29.5 Å². The van der Waals surface area contributed by atoms with Gasteiger partial charge in [-0.3, -0.25) is 9.69 Å². The molecule has 1 aromatic heterocycles. The van der Waals surface area contributed by atoms with Gasteiger partial charge in [-0.15, -0.1) is 0 Å². The molecule has 33 heavy (non-hydrogen) atoms. The van der Waals surface area contributed by atoms with Crippen LogP contribution in [0.4, 0.5) is 4.39 Å². The van der Waals surface area contributed by atoms with Gasteiger partial charge in [-0.25, -0.2) is 9.37 Å². The number of oxazole rings is 1. The molecule has 0 saturated carbocycles. The van der Waals surface area contributed by atoms with Crippen LogP contribution in [0, 0.1) is 12.7 Å². The van der Waals surface area contributed by atoms with E-state index in [0.717, 1.165) is 11.1 Å². The quantitative estimate of drug-likeness (QED) is 0.384. The molecular weight excluding hydrogens is 417 g/mol. The first-order chi connectivity index (χ1) is 16.1. The molecule has 168 valence electrons. The number of halogens is 1. The molecule has 0 saturated heterocycles. The highest BCUT2D eigenvalue weighted by atomic mass is 19.1. The zero-order valence-electron chi connectivity index (χ0n) is 18.5. The number of hydrogen-bond donors (Lipinski definition) is 1. The molecule has 0 aliphatic heterocycles. The molecule has 0 fully saturated rings. The second-order valence-electron chi connectivity index (χ2n) is 7.99. The molecule has 4 aromatic rings. The summed E-state index contributed by atoms with van der Waals surface area (Å²) in [5.41, 5.74) is 4.62. The first-order valence-electron chi connectivity index (χ1n) is 10.8. The number of aromatic nitrogens is 1. The fraction of sp³-hybridized carbons (Fsp3) is 0.185. The van der Waals surface area contributed by atoms with E-state index >= 15 is 0 Å². The van der Waals surface area contributed by atoms with E-state index in [4.69, 9.17) is 4.42 Å². The average Bonchev–Trinajstić information content (AvgIpc) is 3.30. The lowest BCUT2D eigenvalue weighted by molar-refractivity contribution is 0.0945. The van der Waals surface area contributed by atoms with Gasteiger partial charge in [-0.2, -0.15) is 0 Å². The maximum absolute atomic E-state index is 13.3. The summed E-state index contributed by atoms with van der Waals surface area (Å²) in [6, 6.07) is 24.4. The molecule has 0 unspecified atom stereocenters. The van der Waals surface area contributed by atoms with Crippen LogP contribution in [0.1, 0.15) is 38.6 Å². The Morgan fingerprint density at radius 3 is 2.39 bits per heavy atom. The van der Waals surface area contributed by atoms with E-state index in [1.807, 2.05) is 42.5 Å². The van der Waals surface area contributed by atoms with Crippen LogP contribution in [-0.4, -0.2) is 15.8 Å². The van der Waals surface area contributed by atoms with Gasteiger partial charge in [-0.05, 0) is 41.3 Å². The Morgan fingerprint density at radius 1 is 0.909 bits per heavy atom. The molecular formula is C27H26FN3O2. The highest BCUT2D eigenvalue weighted by Crippen LogP contribution is 2.17. The van der Waals surface area contributed by atoms with Crippen LogP contribution >= 0.6 is 0 Å². The topological polar surface area (TPSA) is 58.4 Å². The number of nitrogens with one attached hydrogen (secondary N) is 1. The van der Waals surface area contributed by atoms with Gasteiger partial charge in [0.1, 0.15) is 12.1 Å². The molecule has 1 amide bonds. The Bertz CT molecular complexity index is 1190. The molecule has 0 radical (unpaired) electrons. The summed E-state index contributed by atoms with van der Waals surface area (Å²) in [7, 11) is 0. The minimum atomic E-state index is -0.280. The fourth-order valence-corrected chi connectivity index (χ4v) is 3.59. The summed E-state index contributed by atoms with van der Waals surface area (Å²) in [6.07, 6.45) is 1.39. The first-order valence-corrected chi connectivity index (χ1v) is 10.8. The van der Waals surface area contributed by atoms with Crippen LogP contribution in [0.15, 0.2) is 89.5 Å². The third kappa shape index (κ3) is 6.37. The molecule has 0 bridgehead atoms. The summed E-state index contributed by atoms with van der Waals surface area (Å²) in [4.78, 5) is 19.1. The van der Waals surface area contributed by atoms with Gasteiger partial charge in [-0.1, -0.05) is 66.7 Å². The SMILES string of the molecule is Cc1ccccc1CN(Cc1ccc(F)cc1)Cc1nc(C(=O)NCc2ccccc2)co1. The second kappa shape index (κ2) is 10.7. The van der Waals surface area contributed by atoms with Crippen molar-refractivity contribution in [2.24, 2.45) is 0 Å². The standard InChI is InChI=1S/C27H26FN3O2/c1-20-7-5-6-10-23(20)17-31(16-22-11-13-24(28)14-12-22)18-26-30-25(19-33-26)27(32)29-15-21-8-3-2-4-9-21/h2-14,19H,15-18H2,1H3,(H,29,32). The Balaban J connectivity index is 1.45. The van der Waals surface area contributed by atoms with Crippen molar-refractivity contribution in [2.75, 3.05) is 0 Å². The fourth-order valence-electron chi connectivity index (χ4n) is 3.59. The Hall–Kier alpha value is -3.77. The summed E-state index contributed by atoms with van der Waals surface area (Å²) in [5.74, 6) is -0.0866. The number of carbonyl (C=O) groups is 1. The van der Waals surface area contributed by atoms with E-state index in [1.54, 1.807) is 12.1 Å². The number of nitrogens with zero attached hydrogens (tertiary/aromatic N) is 2. The van der Waals surface area contributed by atoms with Crippen LogP contribution in [0.25, 0.3) is 0 Å². The van der Waals surface area contributed by atoms with Crippen molar-refractivity contribution in [3.63, 3.8) is 0 Å². The number of amides is 1. The largest absolute Gasteiger partial charge is 0.447 e. The third-order valence-corrected chi connectivity index (χ3v) is 5.41. The highest BCUT2D eigenvalue weighted by molar-refractivity contribution is 5.91. The van der Waals surface area contributed by atoms with E-state index in [0.29, 0.717) is 32.1 Å². The van der Waals surface area contributed by atoms with Crippen LogP contribution in [0.3, 0.4) is 0 Å². The smallest absolute Gasteiger partial charge is 0.273 e. The van der Waals surface area contributed by atoms with E-state index < -0.39 is 0 Å². The Kier molecular flexibility index (Phi) is 7.27. The lowest BCUT2D eigenvalue weighted by Gasteiger charge is -2.22. The minimum Gasteiger partial charge on any atom is -0.447 e. The lowest BCUT2D eigenvalue weighted by Crippen LogP contribution is -2.24. The van der Waals surface area contributed by atoms with Gasteiger partial charge in [0.2, 0.25) is 5.89 Å². The van der Waals surface area contributed by atoms with Crippen molar-refractivity contribution in [3.05, 3.63) is 125 Å². The van der Waals surface area contributed by atoms with Crippen molar-refractivity contribution in [2.45, 2.75) is 33.1 Å². The lowest BCUT2D eigenvalue weighted by atomic mass is 10.1. The molecule has 1 N–H and O–H groups in total. The highest BCUT2D eigenvalue weighted by Gasteiger charge is 2.16. The summed E-state index contributed by atoms with van der Waals surface area (Å²) >= 11 is 0. The van der Waals surface area contributed by atoms with Crippen LogP contribution < -0.4 is 5.32 Å². The number of hydrogen-bond acceptors (Lipinski definition) is 4. The van der Waals surface area contributed by atoms with Gasteiger partial charge in [0.05, 0.1) is 6.54 Å². The van der Waals surface area contributed by atoms with Crippen molar-refractivity contribution in [1.82, 2.24) is 15.2 Å². The van der Waals surface area contributed by atoms with Crippen molar-refractivity contribution < 1.29 is 13.6 Å². The number of benzene rings is 3. The van der Waals surface area contributed by atoms with Crippen LogP contribution in [0.5, 0.6) is 0 Å². The molecule has 0 aliphatic carbocycles. The molecule has 6 heteroatoms. The molecule has 0 spiro atoms. The zero-order valence-corrected chi connectivity index (χ0v) is 18.5. The van der Waals surface area contributed by atoms with Crippen molar-refractivity contribution in [1.29, 1.82) is 0 Å². The summed E-state index contributed by atoms with van der Waals surface area (Å²) in [6.45, 7) is 4.17. The molecule has 0 aliphatic rings. The second-order valence-corrected chi connectivity index (χ2v) is 7.99. The normalized spacial score (nSPS) is 11.0. The molecule has 3 aromatic carbocycles. The number of rotatable bonds is 9. The van der Waals surface area contributed by atoms with Gasteiger partial charge < -0.3 is 9.73 Å². The maximum atomic E-state index is 13.3. The molecule has 5 nitrogen and oxygen atoms in total. The van der Waals surface area contributed by atoms with Crippen molar-refractivity contribution in [3.8, 4) is 0 Å². The molecule has 1 heterocycles. The minimum absolute atomic E-state index is 0.249. The van der Waals surface area contributed by atoms with Gasteiger partial charge in [0.15, 0.2) is 5.69 Å². The summed E-state index contributed by atoms with van der Waals surface area (Å²) in [5, 5.41) is 2.86. The van der Waals surface area contributed by atoms with E-state index in [-0.39, 0.29) is 17.4 Å². The third-order valence-electron chi connectivity index (χ3n) is 5.41. The van der Waals surface area contributed by atoms with Gasteiger partial charge in [0.25, 0.3) is 5.91 Å². The zero-order chi connectivity index (χ0) is 23.0.